The third kappa shape index (κ3) is 2.88. The molecular weight excluding hydrogens is 258 g/mol. The average molecular weight is 279 g/mol. The largest absolute Gasteiger partial charge is 0.504 e. The summed E-state index contributed by atoms with van der Waals surface area (Å²) in [7, 11) is 1.46. The lowest BCUT2D eigenvalue weighted by molar-refractivity contribution is 0.0559. The van der Waals surface area contributed by atoms with E-state index >= 15 is 0 Å². The lowest BCUT2D eigenvalue weighted by Crippen LogP contribution is -2.45. The van der Waals surface area contributed by atoms with Gasteiger partial charge in [0.15, 0.2) is 11.5 Å². The van der Waals surface area contributed by atoms with Crippen LogP contribution in [0.4, 0.5) is 0 Å². The minimum atomic E-state index is -0.195. The van der Waals surface area contributed by atoms with Crippen LogP contribution < -0.4 is 4.74 Å². The van der Waals surface area contributed by atoms with E-state index in [9.17, 15) is 9.90 Å². The minimum absolute atomic E-state index is 0.0561. The third-order valence-electron chi connectivity index (χ3n) is 3.78. The number of amides is 1. The molecular formula is C15H21NO4. The quantitative estimate of drug-likeness (QED) is 0.832. The summed E-state index contributed by atoms with van der Waals surface area (Å²) in [6.45, 7) is 0.567. The summed E-state index contributed by atoms with van der Waals surface area (Å²) in [4.78, 5) is 14.4. The van der Waals surface area contributed by atoms with Gasteiger partial charge >= 0.3 is 0 Å². The summed E-state index contributed by atoms with van der Waals surface area (Å²) in [5.74, 6) is -0.0144. The van der Waals surface area contributed by atoms with Crippen molar-refractivity contribution in [3.05, 3.63) is 23.8 Å². The number of hydrogen-bond donors (Lipinski definition) is 2. The number of phenols is 1. The van der Waals surface area contributed by atoms with Gasteiger partial charge in [-0.15, -0.1) is 0 Å². The van der Waals surface area contributed by atoms with Gasteiger partial charge in [0.25, 0.3) is 5.91 Å². The van der Waals surface area contributed by atoms with Gasteiger partial charge in [-0.1, -0.05) is 6.07 Å². The molecule has 1 fully saturated rings. The number of carbonyl (C=O) groups is 1. The molecule has 0 spiro atoms. The van der Waals surface area contributed by atoms with E-state index in [1.807, 2.05) is 0 Å². The first kappa shape index (κ1) is 14.7. The van der Waals surface area contributed by atoms with Gasteiger partial charge in [-0.2, -0.15) is 0 Å². The Hall–Kier alpha value is -1.75. The summed E-state index contributed by atoms with van der Waals surface area (Å²) in [6, 6.07) is 5.13. The number of ether oxygens (including phenoxy) is 1. The molecule has 1 amide bonds. The van der Waals surface area contributed by atoms with Crippen LogP contribution in [-0.2, 0) is 0 Å². The van der Waals surface area contributed by atoms with Crippen LogP contribution in [-0.4, -0.2) is 47.3 Å². The maximum atomic E-state index is 12.6. The van der Waals surface area contributed by atoms with Crippen molar-refractivity contribution in [2.45, 2.75) is 31.7 Å². The number of phenolic OH excluding ortho intramolecular Hbond substituents is 1. The number of nitrogens with zero attached hydrogens (tertiary/aromatic N) is 1. The van der Waals surface area contributed by atoms with Gasteiger partial charge in [-0.3, -0.25) is 4.79 Å². The Kier molecular flexibility index (Phi) is 4.84. The second kappa shape index (κ2) is 6.61. The van der Waals surface area contributed by atoms with Gasteiger partial charge in [0.05, 0.1) is 12.7 Å². The number of aliphatic hydroxyl groups is 1. The van der Waals surface area contributed by atoms with Crippen LogP contribution >= 0.6 is 0 Å². The molecule has 5 heteroatoms. The molecule has 0 aromatic heterocycles. The molecule has 20 heavy (non-hydrogen) atoms. The summed E-state index contributed by atoms with van der Waals surface area (Å²) in [6.07, 6.45) is 3.65. The van der Waals surface area contributed by atoms with Crippen molar-refractivity contribution in [3.8, 4) is 11.5 Å². The summed E-state index contributed by atoms with van der Waals surface area (Å²) < 4.78 is 5.04. The molecule has 0 aliphatic heterocycles. The van der Waals surface area contributed by atoms with E-state index in [2.05, 4.69) is 0 Å². The first-order valence-corrected chi connectivity index (χ1v) is 6.96. The number of para-hydroxylation sites is 1. The lowest BCUT2D eigenvalue weighted by Gasteiger charge is -2.37. The molecule has 1 aromatic carbocycles. The number of aromatic hydroxyl groups is 1. The van der Waals surface area contributed by atoms with Crippen molar-refractivity contribution in [2.75, 3.05) is 20.3 Å². The van der Waals surface area contributed by atoms with Crippen molar-refractivity contribution >= 4 is 5.91 Å². The molecule has 5 nitrogen and oxygen atoms in total. The van der Waals surface area contributed by atoms with E-state index in [1.54, 1.807) is 23.1 Å². The zero-order valence-electron chi connectivity index (χ0n) is 11.7. The fourth-order valence-corrected chi connectivity index (χ4v) is 2.40. The minimum Gasteiger partial charge on any atom is -0.504 e. The maximum absolute atomic E-state index is 12.6. The van der Waals surface area contributed by atoms with Crippen molar-refractivity contribution in [1.29, 1.82) is 0 Å². The Morgan fingerprint density at radius 2 is 2.20 bits per heavy atom. The normalized spacial score (nSPS) is 14.7. The van der Waals surface area contributed by atoms with E-state index in [0.717, 1.165) is 19.3 Å². The molecule has 1 aliphatic carbocycles. The van der Waals surface area contributed by atoms with E-state index in [4.69, 9.17) is 9.84 Å². The molecule has 0 radical (unpaired) electrons. The highest BCUT2D eigenvalue weighted by atomic mass is 16.5. The SMILES string of the molecule is COc1cccc(C(=O)N(CCCO)C2CCC2)c1O. The van der Waals surface area contributed by atoms with Crippen LogP contribution in [0.5, 0.6) is 11.5 Å². The van der Waals surface area contributed by atoms with Crippen molar-refractivity contribution in [2.24, 2.45) is 0 Å². The Morgan fingerprint density at radius 3 is 2.75 bits per heavy atom. The topological polar surface area (TPSA) is 70.0 Å². The first-order chi connectivity index (χ1) is 9.69. The van der Waals surface area contributed by atoms with Crippen molar-refractivity contribution in [1.82, 2.24) is 4.90 Å². The van der Waals surface area contributed by atoms with Gasteiger partial charge < -0.3 is 19.8 Å². The Morgan fingerprint density at radius 1 is 1.45 bits per heavy atom. The number of carbonyl (C=O) groups excluding carboxylic acids is 1. The van der Waals surface area contributed by atoms with Crippen LogP contribution in [0.2, 0.25) is 0 Å². The Bertz CT molecular complexity index is 471. The monoisotopic (exact) mass is 279 g/mol. The zero-order valence-corrected chi connectivity index (χ0v) is 11.7. The number of methoxy groups -OCH3 is 1. The summed E-state index contributed by atoms with van der Waals surface area (Å²) in [5, 5.41) is 19.1. The van der Waals surface area contributed by atoms with Crippen LogP contribution in [0.1, 0.15) is 36.0 Å². The van der Waals surface area contributed by atoms with E-state index < -0.39 is 0 Å². The molecule has 110 valence electrons. The summed E-state index contributed by atoms with van der Waals surface area (Å²) >= 11 is 0. The molecule has 0 unspecified atom stereocenters. The number of benzene rings is 1. The smallest absolute Gasteiger partial charge is 0.258 e. The molecule has 1 saturated carbocycles. The standard InChI is InChI=1S/C15H21NO4/c1-20-13-8-3-7-12(14(13)18)15(19)16(9-4-10-17)11-5-2-6-11/h3,7-8,11,17-18H,2,4-6,9-10H2,1H3. The zero-order chi connectivity index (χ0) is 14.5. The van der Waals surface area contributed by atoms with Crippen LogP contribution in [0.25, 0.3) is 0 Å². The molecule has 1 aromatic rings. The van der Waals surface area contributed by atoms with E-state index in [0.29, 0.717) is 18.7 Å². The summed E-state index contributed by atoms with van der Waals surface area (Å²) in [5.41, 5.74) is 0.259. The predicted octanol–water partition coefficient (Wildman–Crippen LogP) is 1.78. The highest BCUT2D eigenvalue weighted by molar-refractivity contribution is 5.97. The molecule has 0 atom stereocenters. The molecule has 0 heterocycles. The predicted molar refractivity (Wildman–Crippen MR) is 75.0 cm³/mol. The molecule has 1 aliphatic rings. The van der Waals surface area contributed by atoms with Crippen LogP contribution in [0, 0.1) is 0 Å². The first-order valence-electron chi connectivity index (χ1n) is 6.96. The van der Waals surface area contributed by atoms with Gasteiger partial charge in [0.2, 0.25) is 0 Å². The number of aliphatic hydroxyl groups excluding tert-OH is 1. The van der Waals surface area contributed by atoms with Crippen molar-refractivity contribution < 1.29 is 19.7 Å². The van der Waals surface area contributed by atoms with Gasteiger partial charge in [-0.05, 0) is 37.8 Å². The lowest BCUT2D eigenvalue weighted by atomic mass is 9.90. The average Bonchev–Trinajstić information content (AvgIpc) is 2.40. The van der Waals surface area contributed by atoms with E-state index in [1.165, 1.54) is 7.11 Å². The van der Waals surface area contributed by atoms with Crippen molar-refractivity contribution in [3.63, 3.8) is 0 Å². The molecule has 0 bridgehead atoms. The third-order valence-corrected chi connectivity index (χ3v) is 3.78. The second-order valence-corrected chi connectivity index (χ2v) is 5.02. The number of hydrogen-bond acceptors (Lipinski definition) is 4. The van der Waals surface area contributed by atoms with Gasteiger partial charge in [0, 0.05) is 19.2 Å². The van der Waals surface area contributed by atoms with E-state index in [-0.39, 0.29) is 29.9 Å². The highest BCUT2D eigenvalue weighted by Gasteiger charge is 2.30. The molecule has 2 rings (SSSR count). The second-order valence-electron chi connectivity index (χ2n) is 5.02. The molecule has 2 N–H and O–H groups in total. The maximum Gasteiger partial charge on any atom is 0.258 e. The Labute approximate surface area is 118 Å². The number of rotatable bonds is 6. The fraction of sp³-hybridized carbons (Fsp3) is 0.533. The van der Waals surface area contributed by atoms with Gasteiger partial charge in [0.1, 0.15) is 0 Å². The Balaban J connectivity index is 2.22. The van der Waals surface area contributed by atoms with Crippen LogP contribution in [0.15, 0.2) is 18.2 Å². The van der Waals surface area contributed by atoms with Gasteiger partial charge in [-0.25, -0.2) is 0 Å². The highest BCUT2D eigenvalue weighted by Crippen LogP contribution is 2.33. The fourth-order valence-electron chi connectivity index (χ4n) is 2.40. The van der Waals surface area contributed by atoms with Crippen LogP contribution in [0.3, 0.4) is 0 Å². The molecule has 0 saturated heterocycles.